The molecule has 0 unspecified atom stereocenters. The Morgan fingerprint density at radius 3 is 2.59 bits per heavy atom. The molecule has 34 heavy (non-hydrogen) atoms. The van der Waals surface area contributed by atoms with Crippen LogP contribution in [-0.4, -0.2) is 39.0 Å². The molecule has 3 aromatic rings. The maximum atomic E-state index is 12.8. The van der Waals surface area contributed by atoms with E-state index < -0.39 is 10.0 Å². The Kier molecular flexibility index (Phi) is 7.34. The van der Waals surface area contributed by atoms with E-state index in [1.165, 1.54) is 24.5 Å². The van der Waals surface area contributed by atoms with E-state index in [0.717, 1.165) is 5.56 Å². The van der Waals surface area contributed by atoms with Crippen LogP contribution in [0.3, 0.4) is 0 Å². The average molecular weight is 483 g/mol. The number of rotatable bonds is 9. The SMILES string of the molecule is CCN(Cc1cccc2c1OCCO2)C(=O)/C=C/c1ccc(S(=O)(=O)NCc2ccco2)cc1. The van der Waals surface area contributed by atoms with Crippen LogP contribution in [0.25, 0.3) is 6.08 Å². The lowest BCUT2D eigenvalue weighted by Gasteiger charge is -2.24. The molecule has 0 fully saturated rings. The molecule has 0 bridgehead atoms. The van der Waals surface area contributed by atoms with Crippen LogP contribution in [0.4, 0.5) is 0 Å². The molecule has 1 N–H and O–H groups in total. The van der Waals surface area contributed by atoms with Crippen molar-refractivity contribution in [1.29, 1.82) is 0 Å². The Hall–Kier alpha value is -3.56. The van der Waals surface area contributed by atoms with E-state index in [2.05, 4.69) is 4.72 Å². The van der Waals surface area contributed by atoms with Gasteiger partial charge in [0.05, 0.1) is 17.7 Å². The van der Waals surface area contributed by atoms with E-state index >= 15 is 0 Å². The van der Waals surface area contributed by atoms with Crippen molar-refractivity contribution >= 4 is 22.0 Å². The van der Waals surface area contributed by atoms with Crippen molar-refractivity contribution < 1.29 is 27.1 Å². The Balaban J connectivity index is 1.39. The number of carbonyl (C=O) groups excluding carboxylic acids is 1. The fourth-order valence-corrected chi connectivity index (χ4v) is 4.50. The Labute approximate surface area is 198 Å². The van der Waals surface area contributed by atoms with Crippen LogP contribution in [-0.2, 0) is 27.9 Å². The molecule has 0 atom stereocenters. The molecule has 0 saturated heterocycles. The topological polar surface area (TPSA) is 98.1 Å². The zero-order valence-electron chi connectivity index (χ0n) is 18.8. The highest BCUT2D eigenvalue weighted by Gasteiger charge is 2.19. The minimum absolute atomic E-state index is 0.0696. The predicted molar refractivity (Wildman–Crippen MR) is 127 cm³/mol. The summed E-state index contributed by atoms with van der Waals surface area (Å²) in [4.78, 5) is 14.6. The maximum absolute atomic E-state index is 12.8. The largest absolute Gasteiger partial charge is 0.486 e. The Morgan fingerprint density at radius 2 is 1.85 bits per heavy atom. The molecule has 2 heterocycles. The summed E-state index contributed by atoms with van der Waals surface area (Å²) in [6.07, 6.45) is 4.63. The normalized spacial score (nSPS) is 13.2. The third kappa shape index (κ3) is 5.67. The first-order valence-corrected chi connectivity index (χ1v) is 12.4. The molecule has 1 aliphatic rings. The van der Waals surface area contributed by atoms with Crippen molar-refractivity contribution in [3.63, 3.8) is 0 Å². The predicted octanol–water partition coefficient (Wildman–Crippen LogP) is 3.59. The number of nitrogens with zero attached hydrogens (tertiary/aromatic N) is 1. The zero-order valence-corrected chi connectivity index (χ0v) is 19.6. The molecule has 0 aliphatic carbocycles. The monoisotopic (exact) mass is 482 g/mol. The standard InChI is InChI=1S/C25H26N2O6S/c1-2-27(18-20-5-3-7-23-25(20)33-16-15-32-23)24(28)13-10-19-8-11-22(12-9-19)34(29,30)26-17-21-6-4-14-31-21/h3-14,26H,2,15-18H2,1H3/b13-10+. The van der Waals surface area contributed by atoms with Crippen molar-refractivity contribution in [3.8, 4) is 11.5 Å². The summed E-state index contributed by atoms with van der Waals surface area (Å²) >= 11 is 0. The van der Waals surface area contributed by atoms with Crippen LogP contribution >= 0.6 is 0 Å². The van der Waals surface area contributed by atoms with Gasteiger partial charge in [-0.1, -0.05) is 24.3 Å². The first kappa shape index (κ1) is 23.6. The summed E-state index contributed by atoms with van der Waals surface area (Å²) in [5, 5.41) is 0. The van der Waals surface area contributed by atoms with Gasteiger partial charge < -0.3 is 18.8 Å². The number of para-hydroxylation sites is 1. The van der Waals surface area contributed by atoms with E-state index in [0.29, 0.717) is 49.1 Å². The molecule has 178 valence electrons. The van der Waals surface area contributed by atoms with Gasteiger partial charge in [0, 0.05) is 24.7 Å². The van der Waals surface area contributed by atoms with Crippen LogP contribution in [0.1, 0.15) is 23.8 Å². The number of nitrogens with one attached hydrogen (secondary N) is 1. The molecule has 4 rings (SSSR count). The minimum Gasteiger partial charge on any atom is -0.486 e. The fourth-order valence-electron chi connectivity index (χ4n) is 3.50. The first-order valence-electron chi connectivity index (χ1n) is 10.9. The number of amides is 1. The summed E-state index contributed by atoms with van der Waals surface area (Å²) in [6.45, 7) is 3.88. The minimum atomic E-state index is -3.68. The van der Waals surface area contributed by atoms with Gasteiger partial charge in [-0.2, -0.15) is 0 Å². The van der Waals surface area contributed by atoms with E-state index in [4.69, 9.17) is 13.9 Å². The Morgan fingerprint density at radius 1 is 1.06 bits per heavy atom. The molecular formula is C25H26N2O6S. The highest BCUT2D eigenvalue weighted by molar-refractivity contribution is 7.89. The summed E-state index contributed by atoms with van der Waals surface area (Å²) in [6, 6.07) is 15.4. The molecule has 1 aliphatic heterocycles. The molecule has 1 aromatic heterocycles. The Bertz CT molecular complexity index is 1250. The van der Waals surface area contributed by atoms with E-state index in [1.54, 1.807) is 35.2 Å². The number of likely N-dealkylation sites (N-methyl/N-ethyl adjacent to an activating group) is 1. The highest BCUT2D eigenvalue weighted by Crippen LogP contribution is 2.34. The average Bonchev–Trinajstić information content (AvgIpc) is 3.39. The van der Waals surface area contributed by atoms with Crippen LogP contribution in [0.5, 0.6) is 11.5 Å². The second-order valence-electron chi connectivity index (χ2n) is 7.60. The summed E-state index contributed by atoms with van der Waals surface area (Å²) in [5.74, 6) is 1.74. The number of furan rings is 1. The molecule has 8 nitrogen and oxygen atoms in total. The lowest BCUT2D eigenvalue weighted by atomic mass is 10.1. The molecule has 9 heteroatoms. The third-order valence-corrected chi connectivity index (χ3v) is 6.74. The zero-order chi connectivity index (χ0) is 24.0. The fraction of sp³-hybridized carbons (Fsp3) is 0.240. The number of ether oxygens (including phenoxy) is 2. The van der Waals surface area contributed by atoms with Gasteiger partial charge in [0.15, 0.2) is 11.5 Å². The van der Waals surface area contributed by atoms with Gasteiger partial charge in [-0.05, 0) is 48.9 Å². The van der Waals surface area contributed by atoms with Crippen molar-refractivity contribution in [3.05, 3.63) is 83.8 Å². The smallest absolute Gasteiger partial charge is 0.246 e. The van der Waals surface area contributed by atoms with Crippen LogP contribution < -0.4 is 14.2 Å². The van der Waals surface area contributed by atoms with Gasteiger partial charge in [0.2, 0.25) is 15.9 Å². The van der Waals surface area contributed by atoms with Gasteiger partial charge in [0.1, 0.15) is 19.0 Å². The van der Waals surface area contributed by atoms with Crippen molar-refractivity contribution in [1.82, 2.24) is 9.62 Å². The van der Waals surface area contributed by atoms with Gasteiger partial charge in [0.25, 0.3) is 0 Å². The number of sulfonamides is 1. The van der Waals surface area contributed by atoms with E-state index in [9.17, 15) is 13.2 Å². The third-order valence-electron chi connectivity index (χ3n) is 5.33. The molecule has 0 radical (unpaired) electrons. The number of fused-ring (bicyclic) bond motifs is 1. The highest BCUT2D eigenvalue weighted by atomic mass is 32.2. The lowest BCUT2D eigenvalue weighted by Crippen LogP contribution is -2.29. The molecule has 2 aromatic carbocycles. The van der Waals surface area contributed by atoms with Gasteiger partial charge in [-0.15, -0.1) is 0 Å². The first-order chi connectivity index (χ1) is 16.5. The van der Waals surface area contributed by atoms with Crippen LogP contribution in [0, 0.1) is 0 Å². The molecular weight excluding hydrogens is 456 g/mol. The van der Waals surface area contributed by atoms with Gasteiger partial charge in [-0.25, -0.2) is 13.1 Å². The van der Waals surface area contributed by atoms with Gasteiger partial charge in [-0.3, -0.25) is 4.79 Å². The molecule has 0 spiro atoms. The number of hydrogen-bond acceptors (Lipinski definition) is 6. The van der Waals surface area contributed by atoms with E-state index in [1.807, 2.05) is 25.1 Å². The maximum Gasteiger partial charge on any atom is 0.246 e. The second kappa shape index (κ2) is 10.6. The number of benzene rings is 2. The molecule has 1 amide bonds. The van der Waals surface area contributed by atoms with Crippen molar-refractivity contribution in [2.24, 2.45) is 0 Å². The quantitative estimate of drug-likeness (QED) is 0.468. The van der Waals surface area contributed by atoms with Crippen molar-refractivity contribution in [2.45, 2.75) is 24.9 Å². The van der Waals surface area contributed by atoms with Crippen LogP contribution in [0.2, 0.25) is 0 Å². The number of hydrogen-bond donors (Lipinski definition) is 1. The lowest BCUT2D eigenvalue weighted by molar-refractivity contribution is -0.126. The molecule has 0 saturated carbocycles. The number of carbonyl (C=O) groups is 1. The summed E-state index contributed by atoms with van der Waals surface area (Å²) in [5.41, 5.74) is 1.60. The second-order valence-corrected chi connectivity index (χ2v) is 9.37. The summed E-state index contributed by atoms with van der Waals surface area (Å²) in [7, 11) is -3.68. The van der Waals surface area contributed by atoms with Gasteiger partial charge >= 0.3 is 0 Å². The summed E-state index contributed by atoms with van der Waals surface area (Å²) < 4.78 is 43.9. The van der Waals surface area contributed by atoms with E-state index in [-0.39, 0.29) is 17.3 Å². The van der Waals surface area contributed by atoms with Crippen molar-refractivity contribution in [2.75, 3.05) is 19.8 Å². The van der Waals surface area contributed by atoms with Crippen LogP contribution in [0.15, 0.2) is 76.2 Å².